The first-order valence-corrected chi connectivity index (χ1v) is 7.71. The summed E-state index contributed by atoms with van der Waals surface area (Å²) in [6.45, 7) is 3.67. The van der Waals surface area contributed by atoms with E-state index in [1.165, 1.54) is 11.8 Å². The molecule has 0 amide bonds. The summed E-state index contributed by atoms with van der Waals surface area (Å²) in [7, 11) is 1.73. The van der Waals surface area contributed by atoms with Crippen LogP contribution in [0.25, 0.3) is 10.9 Å². The third kappa shape index (κ3) is 2.55. The maximum atomic E-state index is 12.3. The van der Waals surface area contributed by atoms with Crippen molar-refractivity contribution >= 4 is 54.5 Å². The average molecular weight is 390 g/mol. The van der Waals surface area contributed by atoms with E-state index in [9.17, 15) is 4.79 Å². The number of fused-ring (bicyclic) bond motifs is 1. The maximum absolute atomic E-state index is 12.3. The van der Waals surface area contributed by atoms with E-state index in [4.69, 9.17) is 0 Å². The number of nitrogens with zero attached hydrogens (tertiary/aromatic N) is 2. The van der Waals surface area contributed by atoms with Gasteiger partial charge in [-0.25, -0.2) is 4.98 Å². The highest BCUT2D eigenvalue weighted by Crippen LogP contribution is 2.27. The van der Waals surface area contributed by atoms with Crippen LogP contribution in [0.1, 0.15) is 0 Å². The number of hydrogen-bond donors (Lipinski definition) is 0. The zero-order chi connectivity index (χ0) is 13.3. The summed E-state index contributed by atoms with van der Waals surface area (Å²) < 4.78 is 3.23. The van der Waals surface area contributed by atoms with E-state index in [-0.39, 0.29) is 5.56 Å². The fraction of sp³-hybridized carbons (Fsp3) is 0.167. The molecule has 0 saturated carbocycles. The Kier molecular flexibility index (Phi) is 4.29. The van der Waals surface area contributed by atoms with Crippen LogP contribution in [0.15, 0.2) is 43.7 Å². The quantitative estimate of drug-likeness (QED) is 0.455. The van der Waals surface area contributed by atoms with Crippen molar-refractivity contribution in [3.8, 4) is 0 Å². The SMILES string of the molecule is C=CCSc1nc2c(Br)cc(Br)cc2c(=O)n1C. The van der Waals surface area contributed by atoms with E-state index in [0.29, 0.717) is 16.1 Å². The van der Waals surface area contributed by atoms with E-state index in [1.54, 1.807) is 23.8 Å². The summed E-state index contributed by atoms with van der Waals surface area (Å²) in [4.78, 5) is 16.8. The van der Waals surface area contributed by atoms with Crippen molar-refractivity contribution in [1.82, 2.24) is 9.55 Å². The second-order valence-electron chi connectivity index (χ2n) is 3.64. The zero-order valence-corrected chi connectivity index (χ0v) is 13.6. The minimum absolute atomic E-state index is 0.0476. The molecule has 0 aliphatic carbocycles. The van der Waals surface area contributed by atoms with Gasteiger partial charge < -0.3 is 0 Å². The number of aromatic nitrogens is 2. The Morgan fingerprint density at radius 1 is 1.50 bits per heavy atom. The van der Waals surface area contributed by atoms with Crippen LogP contribution in [0.4, 0.5) is 0 Å². The molecule has 1 heterocycles. The van der Waals surface area contributed by atoms with E-state index < -0.39 is 0 Å². The lowest BCUT2D eigenvalue weighted by molar-refractivity contribution is 0.726. The maximum Gasteiger partial charge on any atom is 0.261 e. The smallest absolute Gasteiger partial charge is 0.261 e. The molecule has 0 saturated heterocycles. The van der Waals surface area contributed by atoms with Crippen molar-refractivity contribution in [3.05, 3.63) is 44.1 Å². The highest BCUT2D eigenvalue weighted by atomic mass is 79.9. The van der Waals surface area contributed by atoms with Crippen molar-refractivity contribution in [2.45, 2.75) is 5.16 Å². The molecule has 0 bridgehead atoms. The molecule has 0 spiro atoms. The molecule has 94 valence electrons. The molecule has 1 aromatic heterocycles. The number of benzene rings is 1. The monoisotopic (exact) mass is 388 g/mol. The Bertz CT molecular complexity index is 682. The Hall–Kier alpha value is -0.590. The Labute approximate surface area is 126 Å². The first-order valence-electron chi connectivity index (χ1n) is 5.14. The summed E-state index contributed by atoms with van der Waals surface area (Å²) in [5, 5.41) is 1.29. The largest absolute Gasteiger partial charge is 0.290 e. The van der Waals surface area contributed by atoms with Crippen LogP contribution in [-0.4, -0.2) is 15.3 Å². The Morgan fingerprint density at radius 3 is 2.89 bits per heavy atom. The Morgan fingerprint density at radius 2 is 2.22 bits per heavy atom. The second kappa shape index (κ2) is 5.59. The van der Waals surface area contributed by atoms with Crippen molar-refractivity contribution < 1.29 is 0 Å². The molecule has 0 unspecified atom stereocenters. The number of rotatable bonds is 3. The molecule has 0 aliphatic heterocycles. The van der Waals surface area contributed by atoms with Crippen LogP contribution in [0, 0.1) is 0 Å². The van der Waals surface area contributed by atoms with Crippen molar-refractivity contribution in [2.24, 2.45) is 7.05 Å². The lowest BCUT2D eigenvalue weighted by Crippen LogP contribution is -2.20. The van der Waals surface area contributed by atoms with Gasteiger partial charge in [0.2, 0.25) is 0 Å². The third-order valence-corrected chi connectivity index (χ3v) is 4.48. The predicted molar refractivity (Wildman–Crippen MR) is 83.3 cm³/mol. The highest BCUT2D eigenvalue weighted by molar-refractivity contribution is 9.11. The number of thioether (sulfide) groups is 1. The predicted octanol–water partition coefficient (Wildman–Crippen LogP) is 3.74. The first-order chi connectivity index (χ1) is 8.54. The van der Waals surface area contributed by atoms with Gasteiger partial charge >= 0.3 is 0 Å². The molecule has 18 heavy (non-hydrogen) atoms. The van der Waals surface area contributed by atoms with Gasteiger partial charge in [0.05, 0.1) is 10.9 Å². The van der Waals surface area contributed by atoms with E-state index >= 15 is 0 Å². The van der Waals surface area contributed by atoms with Gasteiger partial charge in [-0.15, -0.1) is 6.58 Å². The van der Waals surface area contributed by atoms with Gasteiger partial charge in [-0.2, -0.15) is 0 Å². The number of halogens is 2. The van der Waals surface area contributed by atoms with Crippen LogP contribution in [0.3, 0.4) is 0 Å². The van der Waals surface area contributed by atoms with Crippen molar-refractivity contribution in [3.63, 3.8) is 0 Å². The fourth-order valence-electron chi connectivity index (χ4n) is 1.54. The zero-order valence-electron chi connectivity index (χ0n) is 9.61. The summed E-state index contributed by atoms with van der Waals surface area (Å²) in [5.74, 6) is 0.722. The molecule has 0 radical (unpaired) electrons. The van der Waals surface area contributed by atoms with Gasteiger partial charge in [0.25, 0.3) is 5.56 Å². The molecule has 2 aromatic rings. The third-order valence-electron chi connectivity index (χ3n) is 2.39. The van der Waals surface area contributed by atoms with Crippen LogP contribution in [-0.2, 0) is 7.05 Å². The van der Waals surface area contributed by atoms with E-state index in [2.05, 4.69) is 43.4 Å². The molecular formula is C12H10Br2N2OS. The topological polar surface area (TPSA) is 34.9 Å². The van der Waals surface area contributed by atoms with Crippen LogP contribution < -0.4 is 5.56 Å². The fourth-order valence-corrected chi connectivity index (χ4v) is 3.56. The first kappa shape index (κ1) is 13.8. The molecule has 0 fully saturated rings. The molecule has 0 N–H and O–H groups in total. The van der Waals surface area contributed by atoms with E-state index in [0.717, 1.165) is 14.7 Å². The summed E-state index contributed by atoms with van der Waals surface area (Å²) in [6, 6.07) is 3.67. The van der Waals surface area contributed by atoms with E-state index in [1.807, 2.05) is 6.07 Å². The lowest BCUT2D eigenvalue weighted by atomic mass is 10.2. The molecule has 3 nitrogen and oxygen atoms in total. The average Bonchev–Trinajstić information content (AvgIpc) is 2.33. The second-order valence-corrected chi connectivity index (χ2v) is 6.40. The van der Waals surface area contributed by atoms with Gasteiger partial charge in [-0.3, -0.25) is 9.36 Å². The highest BCUT2D eigenvalue weighted by Gasteiger charge is 2.11. The van der Waals surface area contributed by atoms with Crippen LogP contribution in [0.2, 0.25) is 0 Å². The van der Waals surface area contributed by atoms with Gasteiger partial charge in [0.15, 0.2) is 5.16 Å². The molecular weight excluding hydrogens is 380 g/mol. The van der Waals surface area contributed by atoms with Crippen molar-refractivity contribution in [1.29, 1.82) is 0 Å². The lowest BCUT2D eigenvalue weighted by Gasteiger charge is -2.09. The minimum Gasteiger partial charge on any atom is -0.290 e. The summed E-state index contributed by atoms with van der Waals surface area (Å²) in [6.07, 6.45) is 1.79. The van der Waals surface area contributed by atoms with Gasteiger partial charge in [-0.1, -0.05) is 33.8 Å². The van der Waals surface area contributed by atoms with Crippen molar-refractivity contribution in [2.75, 3.05) is 5.75 Å². The standard InChI is InChI=1S/C12H10Br2N2OS/c1-3-4-18-12-15-10-8(11(17)16(12)2)5-7(13)6-9(10)14/h3,5-6H,1,4H2,2H3. The minimum atomic E-state index is -0.0476. The van der Waals surface area contributed by atoms with Gasteiger partial charge in [0.1, 0.15) is 0 Å². The normalized spacial score (nSPS) is 10.8. The Balaban J connectivity index is 2.75. The molecule has 6 heteroatoms. The summed E-state index contributed by atoms with van der Waals surface area (Å²) in [5.41, 5.74) is 0.640. The van der Waals surface area contributed by atoms with Crippen LogP contribution >= 0.6 is 43.6 Å². The molecule has 0 atom stereocenters. The molecule has 2 rings (SSSR count). The molecule has 0 aliphatic rings. The number of hydrogen-bond acceptors (Lipinski definition) is 3. The van der Waals surface area contributed by atoms with Crippen LogP contribution in [0.5, 0.6) is 0 Å². The van der Waals surface area contributed by atoms with Gasteiger partial charge in [0, 0.05) is 21.7 Å². The molecule has 1 aromatic carbocycles. The van der Waals surface area contributed by atoms with Gasteiger partial charge in [-0.05, 0) is 28.1 Å². The summed E-state index contributed by atoms with van der Waals surface area (Å²) >= 11 is 8.31.